The Kier molecular flexibility index (Phi) is 3.61. The largest absolute Gasteiger partial charge is 0.491 e. The summed E-state index contributed by atoms with van der Waals surface area (Å²) in [6.07, 6.45) is 0.0634. The van der Waals surface area contributed by atoms with E-state index in [9.17, 15) is 9.59 Å². The number of halogens is 2. The summed E-state index contributed by atoms with van der Waals surface area (Å²) in [4.78, 5) is 25.7. The van der Waals surface area contributed by atoms with Crippen LogP contribution >= 0.6 is 23.2 Å². The lowest BCUT2D eigenvalue weighted by atomic mass is 10.3. The zero-order valence-electron chi connectivity index (χ0n) is 8.48. The Hall–Kier alpha value is -1.17. The van der Waals surface area contributed by atoms with Crippen molar-refractivity contribution in [3.8, 4) is 5.75 Å². The highest BCUT2D eigenvalue weighted by Gasteiger charge is 2.23. The number of hydrogen-bond acceptors (Lipinski definition) is 5. The van der Waals surface area contributed by atoms with Gasteiger partial charge in [0.15, 0.2) is 0 Å². The highest BCUT2D eigenvalue weighted by atomic mass is 35.5. The maximum Gasteiger partial charge on any atom is 0.270 e. The van der Waals surface area contributed by atoms with E-state index in [-0.39, 0.29) is 17.5 Å². The Morgan fingerprint density at radius 2 is 1.88 bits per heavy atom. The first-order chi connectivity index (χ1) is 8.06. The van der Waals surface area contributed by atoms with Crippen LogP contribution in [0.3, 0.4) is 0 Å². The number of ether oxygens (including phenoxy) is 2. The molecular weight excluding hydrogens is 269 g/mol. The summed E-state index contributed by atoms with van der Waals surface area (Å²) in [5.41, 5.74) is -0.158. The molecule has 0 N–H and O–H groups in total. The van der Waals surface area contributed by atoms with Crippen LogP contribution < -0.4 is 4.74 Å². The van der Waals surface area contributed by atoms with Crippen molar-refractivity contribution in [1.29, 1.82) is 0 Å². The number of rotatable bonds is 5. The lowest BCUT2D eigenvalue weighted by Crippen LogP contribution is -2.07. The molecule has 0 spiro atoms. The molecule has 1 aliphatic heterocycles. The van der Waals surface area contributed by atoms with Crippen molar-refractivity contribution in [1.82, 2.24) is 4.98 Å². The quantitative estimate of drug-likeness (QED) is 0.603. The van der Waals surface area contributed by atoms with Gasteiger partial charge in [-0.05, 0) is 23.2 Å². The molecule has 1 aliphatic rings. The average molecular weight is 276 g/mol. The van der Waals surface area contributed by atoms with Crippen LogP contribution in [0.5, 0.6) is 5.75 Å². The van der Waals surface area contributed by atoms with Crippen LogP contribution in [0.1, 0.15) is 21.0 Å². The second-order valence-electron chi connectivity index (χ2n) is 3.39. The molecule has 1 saturated heterocycles. The SMILES string of the molecule is O=C(Cl)c1cc(OCC2CO2)cc(C(=O)Cl)n1. The standard InChI is InChI=1S/C10H7Cl2NO4/c11-9(14)7-1-5(16-3-6-4-17-6)2-8(13-7)10(12)15/h1-2,6H,3-4H2. The fraction of sp³-hybridized carbons (Fsp3) is 0.300. The molecular formula is C10H7Cl2NO4. The highest BCUT2D eigenvalue weighted by molar-refractivity contribution is 6.68. The summed E-state index contributed by atoms with van der Waals surface area (Å²) in [5, 5.41) is -1.56. The minimum atomic E-state index is -0.780. The van der Waals surface area contributed by atoms with Gasteiger partial charge in [-0.1, -0.05) is 0 Å². The Morgan fingerprint density at radius 3 is 2.29 bits per heavy atom. The maximum atomic E-state index is 11.0. The first-order valence-corrected chi connectivity index (χ1v) is 5.48. The van der Waals surface area contributed by atoms with Gasteiger partial charge in [-0.25, -0.2) is 4.98 Å². The van der Waals surface area contributed by atoms with Crippen LogP contribution in [0, 0.1) is 0 Å². The maximum absolute atomic E-state index is 11.0. The van der Waals surface area contributed by atoms with Gasteiger partial charge in [0.1, 0.15) is 29.8 Å². The topological polar surface area (TPSA) is 68.8 Å². The number of epoxide rings is 1. The lowest BCUT2D eigenvalue weighted by Gasteiger charge is -2.06. The molecule has 90 valence electrons. The van der Waals surface area contributed by atoms with E-state index in [1.807, 2.05) is 0 Å². The number of nitrogens with zero attached hydrogens (tertiary/aromatic N) is 1. The molecule has 1 atom stereocenters. The number of carbonyl (C=O) groups excluding carboxylic acids is 2. The summed E-state index contributed by atoms with van der Waals surface area (Å²) in [5.74, 6) is 0.309. The van der Waals surface area contributed by atoms with Crippen molar-refractivity contribution in [3.05, 3.63) is 23.5 Å². The molecule has 0 bridgehead atoms. The molecule has 1 fully saturated rings. The van der Waals surface area contributed by atoms with Crippen LogP contribution in [0.4, 0.5) is 0 Å². The zero-order valence-corrected chi connectivity index (χ0v) is 9.99. The molecule has 0 aliphatic carbocycles. The van der Waals surface area contributed by atoms with Gasteiger partial charge in [0.2, 0.25) is 0 Å². The fourth-order valence-electron chi connectivity index (χ4n) is 1.14. The van der Waals surface area contributed by atoms with Gasteiger partial charge in [0, 0.05) is 12.1 Å². The van der Waals surface area contributed by atoms with E-state index in [1.165, 1.54) is 12.1 Å². The van der Waals surface area contributed by atoms with E-state index >= 15 is 0 Å². The van der Waals surface area contributed by atoms with Crippen LogP contribution in [0.15, 0.2) is 12.1 Å². The Balaban J connectivity index is 2.22. The van der Waals surface area contributed by atoms with Crippen molar-refractivity contribution < 1.29 is 19.1 Å². The molecule has 2 rings (SSSR count). The first kappa shape index (κ1) is 12.3. The number of carbonyl (C=O) groups is 2. The third-order valence-corrected chi connectivity index (χ3v) is 2.43. The van der Waals surface area contributed by atoms with Crippen molar-refractivity contribution >= 4 is 33.7 Å². The second kappa shape index (κ2) is 5.00. The van der Waals surface area contributed by atoms with Crippen LogP contribution in [0.25, 0.3) is 0 Å². The van der Waals surface area contributed by atoms with Crippen molar-refractivity contribution in [2.45, 2.75) is 6.10 Å². The van der Waals surface area contributed by atoms with E-state index < -0.39 is 10.5 Å². The zero-order chi connectivity index (χ0) is 12.4. The van der Waals surface area contributed by atoms with Gasteiger partial charge in [-0.15, -0.1) is 0 Å². The van der Waals surface area contributed by atoms with Crippen molar-refractivity contribution in [2.24, 2.45) is 0 Å². The van der Waals surface area contributed by atoms with Gasteiger partial charge in [0.05, 0.1) is 6.61 Å². The molecule has 0 amide bonds. The van der Waals surface area contributed by atoms with Crippen LogP contribution in [0.2, 0.25) is 0 Å². The van der Waals surface area contributed by atoms with Gasteiger partial charge in [-0.3, -0.25) is 9.59 Å². The molecule has 5 nitrogen and oxygen atoms in total. The second-order valence-corrected chi connectivity index (χ2v) is 4.07. The summed E-state index contributed by atoms with van der Waals surface area (Å²) in [7, 11) is 0. The molecule has 0 saturated carbocycles. The monoisotopic (exact) mass is 275 g/mol. The van der Waals surface area contributed by atoms with Gasteiger partial charge in [0.25, 0.3) is 10.5 Å². The molecule has 17 heavy (non-hydrogen) atoms. The molecule has 1 aromatic heterocycles. The number of aromatic nitrogens is 1. The summed E-state index contributed by atoms with van der Waals surface area (Å²) in [6, 6.07) is 2.70. The minimum Gasteiger partial charge on any atom is -0.491 e. The van der Waals surface area contributed by atoms with E-state index in [0.717, 1.165) is 0 Å². The lowest BCUT2D eigenvalue weighted by molar-refractivity contribution is 0.107. The summed E-state index contributed by atoms with van der Waals surface area (Å²) >= 11 is 10.6. The van der Waals surface area contributed by atoms with Crippen LogP contribution in [-0.4, -0.2) is 34.8 Å². The third kappa shape index (κ3) is 3.39. The molecule has 1 aromatic rings. The third-order valence-electron chi connectivity index (χ3n) is 2.04. The van der Waals surface area contributed by atoms with E-state index in [4.69, 9.17) is 32.7 Å². The predicted octanol–water partition coefficient (Wildman–Crippen LogP) is 1.62. The molecule has 0 radical (unpaired) electrons. The van der Waals surface area contributed by atoms with Gasteiger partial charge >= 0.3 is 0 Å². The summed E-state index contributed by atoms with van der Waals surface area (Å²) < 4.78 is 10.3. The van der Waals surface area contributed by atoms with Gasteiger partial charge in [-0.2, -0.15) is 0 Å². The summed E-state index contributed by atoms with van der Waals surface area (Å²) in [6.45, 7) is 0.990. The predicted molar refractivity (Wildman–Crippen MR) is 59.8 cm³/mol. The van der Waals surface area contributed by atoms with Gasteiger partial charge < -0.3 is 9.47 Å². The molecule has 1 unspecified atom stereocenters. The normalized spacial score (nSPS) is 17.6. The molecule has 0 aromatic carbocycles. The Labute approximate surface area is 107 Å². The Morgan fingerprint density at radius 1 is 1.35 bits per heavy atom. The average Bonchev–Trinajstić information content (AvgIpc) is 3.09. The van der Waals surface area contributed by atoms with Crippen molar-refractivity contribution in [3.63, 3.8) is 0 Å². The van der Waals surface area contributed by atoms with E-state index in [0.29, 0.717) is 19.0 Å². The first-order valence-electron chi connectivity index (χ1n) is 4.72. The Bertz CT molecular complexity index is 441. The number of pyridine rings is 1. The van der Waals surface area contributed by atoms with E-state index in [2.05, 4.69) is 4.98 Å². The molecule has 2 heterocycles. The van der Waals surface area contributed by atoms with Crippen LogP contribution in [-0.2, 0) is 4.74 Å². The number of hydrogen-bond donors (Lipinski definition) is 0. The highest BCUT2D eigenvalue weighted by Crippen LogP contribution is 2.19. The molecule has 7 heteroatoms. The van der Waals surface area contributed by atoms with E-state index in [1.54, 1.807) is 0 Å². The fourth-order valence-corrected chi connectivity index (χ4v) is 1.34. The van der Waals surface area contributed by atoms with Crippen molar-refractivity contribution in [2.75, 3.05) is 13.2 Å². The smallest absolute Gasteiger partial charge is 0.270 e. The minimum absolute atomic E-state index is 0.0634.